The summed E-state index contributed by atoms with van der Waals surface area (Å²) in [4.78, 5) is 20.4. The SMILES string of the molecule is CCOc1ccc([Si]C(C)(OC(C)([Si]c2ccc(OCC)cc2)c2cc(C)c(C)c(Oc3ccccc3)n2)c2cc(C)c(C)c(Oc3ccccc3)n2)cc1.c1ccc(Oc2cccc(C(C[Si]c3ccccc3)OC(C[Si]c3ccccc3)c3cccc(Oc4ccccc4)n3)n2)cc1. The Labute approximate surface area is 598 Å². The molecule has 4 heterocycles. The first kappa shape index (κ1) is 71.2. The summed E-state index contributed by atoms with van der Waals surface area (Å²) in [6.07, 6.45) is -0.567. The van der Waals surface area contributed by atoms with Crippen LogP contribution in [0.3, 0.4) is 0 Å². The van der Waals surface area contributed by atoms with Crippen molar-refractivity contribution in [2.45, 2.75) is 90.1 Å². The van der Waals surface area contributed by atoms with E-state index >= 15 is 0 Å². The molecule has 0 fully saturated rings. The molecule has 0 amide bonds. The molecule has 4 aromatic heterocycles. The van der Waals surface area contributed by atoms with Crippen LogP contribution in [0.15, 0.2) is 279 Å². The third-order valence-corrected chi connectivity index (χ3v) is 21.9. The molecule has 0 saturated carbocycles. The van der Waals surface area contributed by atoms with Gasteiger partial charge in [-0.2, -0.15) is 0 Å². The molecule has 0 bridgehead atoms. The summed E-state index contributed by atoms with van der Waals surface area (Å²) >= 11 is 0. The van der Waals surface area contributed by atoms with Gasteiger partial charge >= 0.3 is 0 Å². The van der Waals surface area contributed by atoms with E-state index in [1.807, 2.05) is 222 Å². The number of pyridine rings is 4. The number of para-hydroxylation sites is 4. The van der Waals surface area contributed by atoms with E-state index in [2.05, 4.69) is 113 Å². The highest BCUT2D eigenvalue weighted by Gasteiger charge is 2.43. The molecule has 16 heteroatoms. The molecule has 500 valence electrons. The van der Waals surface area contributed by atoms with Gasteiger partial charge in [-0.05, 0) is 176 Å². The summed E-state index contributed by atoms with van der Waals surface area (Å²) in [5.41, 5.74) is 7.24. The van der Waals surface area contributed by atoms with Gasteiger partial charge in [0.1, 0.15) is 53.5 Å². The van der Waals surface area contributed by atoms with E-state index < -0.39 is 10.4 Å². The van der Waals surface area contributed by atoms with Gasteiger partial charge in [0.05, 0.1) is 77.7 Å². The molecule has 8 radical (unpaired) electrons. The van der Waals surface area contributed by atoms with Crippen LogP contribution in [0.1, 0.15) is 84.9 Å². The number of rotatable bonds is 30. The maximum Gasteiger partial charge on any atom is 0.222 e. The molecular formula is C84H80N4O8Si4. The van der Waals surface area contributed by atoms with Gasteiger partial charge in [-0.3, -0.25) is 0 Å². The van der Waals surface area contributed by atoms with E-state index in [4.69, 9.17) is 57.8 Å². The van der Waals surface area contributed by atoms with Gasteiger partial charge in [0.25, 0.3) is 0 Å². The first-order valence-electron chi connectivity index (χ1n) is 33.6. The van der Waals surface area contributed by atoms with Gasteiger partial charge in [-0.25, -0.2) is 19.9 Å². The summed E-state index contributed by atoms with van der Waals surface area (Å²) in [5.74, 6) is 6.75. The van der Waals surface area contributed by atoms with Crippen molar-refractivity contribution < 1.29 is 37.9 Å². The van der Waals surface area contributed by atoms with Gasteiger partial charge in [-0.1, -0.05) is 191 Å². The fourth-order valence-corrected chi connectivity index (χ4v) is 16.1. The lowest BCUT2D eigenvalue weighted by molar-refractivity contribution is -0.0631. The number of aromatic nitrogens is 4. The fraction of sp³-hybridized carbons (Fsp3) is 0.190. The molecule has 0 aliphatic carbocycles. The quantitative estimate of drug-likeness (QED) is 0.0398. The Morgan fingerprint density at radius 2 is 0.670 bits per heavy atom. The third-order valence-electron chi connectivity index (χ3n) is 16.3. The van der Waals surface area contributed by atoms with E-state index in [1.54, 1.807) is 0 Å². The van der Waals surface area contributed by atoms with Crippen molar-refractivity contribution in [1.29, 1.82) is 0 Å². The van der Waals surface area contributed by atoms with Crippen LogP contribution >= 0.6 is 0 Å². The Kier molecular flexibility index (Phi) is 25.0. The molecule has 0 aliphatic heterocycles. The Morgan fingerprint density at radius 3 is 1.01 bits per heavy atom. The van der Waals surface area contributed by atoms with Gasteiger partial charge in [0, 0.05) is 23.3 Å². The largest absolute Gasteiger partial charge is 0.494 e. The molecule has 8 aromatic carbocycles. The monoisotopic (exact) mass is 1380 g/mol. The lowest BCUT2D eigenvalue weighted by Gasteiger charge is -2.40. The molecule has 0 spiro atoms. The van der Waals surface area contributed by atoms with Crippen LogP contribution in [0.2, 0.25) is 12.1 Å². The summed E-state index contributed by atoms with van der Waals surface area (Å²) in [5, 5.41) is 2.89. The molecule has 0 aliphatic rings. The minimum absolute atomic E-state index is 0.158. The second-order valence-corrected chi connectivity index (χ2v) is 30.2. The van der Waals surface area contributed by atoms with E-state index in [0.717, 1.165) is 102 Å². The molecule has 4 unspecified atom stereocenters. The minimum Gasteiger partial charge on any atom is -0.494 e. The molecule has 12 nitrogen and oxygen atoms in total. The van der Waals surface area contributed by atoms with E-state index in [1.165, 1.54) is 10.4 Å². The summed E-state index contributed by atoms with van der Waals surface area (Å²) in [7, 11) is 1.40. The zero-order valence-corrected chi connectivity index (χ0v) is 61.6. The molecule has 4 atom stereocenters. The van der Waals surface area contributed by atoms with Crippen LogP contribution in [0, 0.1) is 27.7 Å². The van der Waals surface area contributed by atoms with E-state index in [0.29, 0.717) is 55.8 Å². The van der Waals surface area contributed by atoms with E-state index in [-0.39, 0.29) is 31.2 Å². The van der Waals surface area contributed by atoms with Crippen molar-refractivity contribution in [3.63, 3.8) is 0 Å². The summed E-state index contributed by atoms with van der Waals surface area (Å²) in [6, 6.07) is 94.2. The summed E-state index contributed by atoms with van der Waals surface area (Å²) in [6.45, 7) is 17.7. The van der Waals surface area contributed by atoms with Crippen LogP contribution in [0.5, 0.6) is 58.0 Å². The number of benzene rings is 8. The third kappa shape index (κ3) is 20.1. The number of nitrogens with zero attached hydrogens (tertiary/aromatic N) is 4. The Balaban J connectivity index is 0.000000206. The van der Waals surface area contributed by atoms with Crippen molar-refractivity contribution in [2.75, 3.05) is 13.2 Å². The highest BCUT2D eigenvalue weighted by Crippen LogP contribution is 2.40. The topological polar surface area (TPSA) is 125 Å². The van der Waals surface area contributed by atoms with Crippen LogP contribution in [0.25, 0.3) is 0 Å². The van der Waals surface area contributed by atoms with Crippen molar-refractivity contribution in [3.05, 3.63) is 324 Å². The van der Waals surface area contributed by atoms with Crippen LogP contribution in [-0.2, 0) is 19.9 Å². The van der Waals surface area contributed by atoms with Crippen molar-refractivity contribution >= 4 is 58.8 Å². The maximum atomic E-state index is 7.69. The molecule has 12 rings (SSSR count). The number of hydrogen-bond acceptors (Lipinski definition) is 12. The number of ether oxygens (including phenoxy) is 8. The standard InChI is InChI=1S/C46H48N2O5Si2.C38H32N2O3Si2/c1-9-49-35-21-25-39(26-22-35)54-45(7,41-29-31(3)33(5)43(47-41)51-37-17-13-11-14-18-37)53-46(8,55-40-27-23-36(24-28-40)50-10-2)42-30-32(4)34(6)44(48-42)52-38-19-15-12-16-20-38;1-5-15-29(16-6-1)41-37-25-13-23-33(39-37)35(27-44-31-19-9-3-10-20-31)43-36(28-45-32-21-11-4-12-22-32)34-24-14-26-38(40-34)42-30-17-7-2-8-18-30/h11-30H,9-10H2,1-8H3;1-26,35-36H,27-28H2. The Bertz CT molecular complexity index is 4220. The van der Waals surface area contributed by atoms with Crippen LogP contribution in [-0.4, -0.2) is 71.2 Å². The molecular weight excluding hydrogens is 1310 g/mol. The minimum atomic E-state index is -0.936. The normalized spacial score (nSPS) is 12.9. The van der Waals surface area contributed by atoms with Gasteiger partial charge in [0.15, 0.2) is 0 Å². The molecule has 100 heavy (non-hydrogen) atoms. The second-order valence-electron chi connectivity index (χ2n) is 23.9. The lowest BCUT2D eigenvalue weighted by Crippen LogP contribution is -2.51. The Morgan fingerprint density at radius 1 is 0.340 bits per heavy atom. The lowest BCUT2D eigenvalue weighted by atomic mass is 10.1. The van der Waals surface area contributed by atoms with Gasteiger partial charge in [0.2, 0.25) is 23.5 Å². The predicted molar refractivity (Wildman–Crippen MR) is 404 cm³/mol. The smallest absolute Gasteiger partial charge is 0.222 e. The molecule has 0 N–H and O–H groups in total. The zero-order valence-electron chi connectivity index (χ0n) is 57.6. The predicted octanol–water partition coefficient (Wildman–Crippen LogP) is 17.0. The zero-order chi connectivity index (χ0) is 69.5. The average molecular weight is 1390 g/mol. The first-order chi connectivity index (χ1) is 48.8. The highest BCUT2D eigenvalue weighted by atomic mass is 28.2. The van der Waals surface area contributed by atoms with Gasteiger partial charge < -0.3 is 37.9 Å². The first-order valence-corrected chi connectivity index (χ1v) is 38.0. The maximum absolute atomic E-state index is 7.69. The van der Waals surface area contributed by atoms with Crippen molar-refractivity contribution in [2.24, 2.45) is 0 Å². The van der Waals surface area contributed by atoms with Crippen molar-refractivity contribution in [3.8, 4) is 58.0 Å². The highest BCUT2D eigenvalue weighted by molar-refractivity contribution is 6.58. The van der Waals surface area contributed by atoms with Crippen LogP contribution < -0.4 is 49.2 Å². The van der Waals surface area contributed by atoms with Crippen molar-refractivity contribution in [1.82, 2.24) is 19.9 Å². The Hall–Kier alpha value is -10.1. The number of hydrogen-bond donors (Lipinski definition) is 0. The van der Waals surface area contributed by atoms with Gasteiger partial charge in [-0.15, -0.1) is 0 Å². The average Bonchev–Trinajstić information content (AvgIpc) is 0.759. The fourth-order valence-electron chi connectivity index (χ4n) is 10.9. The van der Waals surface area contributed by atoms with E-state index in [9.17, 15) is 0 Å². The van der Waals surface area contributed by atoms with Crippen LogP contribution in [0.4, 0.5) is 0 Å². The number of aryl methyl sites for hydroxylation is 2. The summed E-state index contributed by atoms with van der Waals surface area (Å²) < 4.78 is 51.4. The molecule has 0 saturated heterocycles. The second kappa shape index (κ2) is 35.1. The molecule has 12 aromatic rings.